The van der Waals surface area contributed by atoms with E-state index in [1.54, 1.807) is 42.5 Å². The van der Waals surface area contributed by atoms with Crippen molar-refractivity contribution < 1.29 is 19.1 Å². The zero-order valence-electron chi connectivity index (χ0n) is 11.6. The molecule has 1 aromatic heterocycles. The number of halogens is 1. The summed E-state index contributed by atoms with van der Waals surface area (Å²) in [4.78, 5) is 15.1. The Balaban J connectivity index is 1.86. The molecule has 0 saturated carbocycles. The Morgan fingerprint density at radius 1 is 1.27 bits per heavy atom. The Kier molecular flexibility index (Phi) is 3.73. The standard InChI is InChI=1S/C16H12ClNO4/c1-9(16(19)20)21-12-5-2-10(3-6-12)15-18-13-7-4-11(17)8-14(13)22-15/h2-9H,1H3,(H,19,20). The third-order valence-electron chi connectivity index (χ3n) is 3.11. The Hall–Kier alpha value is -2.53. The van der Waals surface area contributed by atoms with Crippen LogP contribution in [0.4, 0.5) is 0 Å². The topological polar surface area (TPSA) is 72.6 Å². The van der Waals surface area contributed by atoms with Crippen LogP contribution in [-0.2, 0) is 4.79 Å². The lowest BCUT2D eigenvalue weighted by Gasteiger charge is -2.10. The quantitative estimate of drug-likeness (QED) is 0.787. The Bertz CT molecular complexity index is 826. The van der Waals surface area contributed by atoms with E-state index in [0.717, 1.165) is 11.1 Å². The summed E-state index contributed by atoms with van der Waals surface area (Å²) >= 11 is 5.92. The number of benzene rings is 2. The first-order valence-corrected chi connectivity index (χ1v) is 6.97. The van der Waals surface area contributed by atoms with E-state index in [0.29, 0.717) is 22.2 Å². The lowest BCUT2D eigenvalue weighted by molar-refractivity contribution is -0.144. The summed E-state index contributed by atoms with van der Waals surface area (Å²) in [5.74, 6) is -0.0761. The van der Waals surface area contributed by atoms with Gasteiger partial charge in [0.2, 0.25) is 5.89 Å². The first-order chi connectivity index (χ1) is 10.5. The van der Waals surface area contributed by atoms with Gasteiger partial charge in [-0.15, -0.1) is 0 Å². The van der Waals surface area contributed by atoms with Gasteiger partial charge >= 0.3 is 5.97 Å². The summed E-state index contributed by atoms with van der Waals surface area (Å²) in [7, 11) is 0. The minimum absolute atomic E-state index is 0.468. The van der Waals surface area contributed by atoms with Gasteiger partial charge in [0.25, 0.3) is 0 Å². The molecule has 0 amide bonds. The van der Waals surface area contributed by atoms with Crippen molar-refractivity contribution in [2.45, 2.75) is 13.0 Å². The van der Waals surface area contributed by atoms with Crippen molar-refractivity contribution in [2.24, 2.45) is 0 Å². The zero-order valence-corrected chi connectivity index (χ0v) is 12.4. The van der Waals surface area contributed by atoms with Crippen molar-refractivity contribution in [2.75, 3.05) is 0 Å². The summed E-state index contributed by atoms with van der Waals surface area (Å²) in [6.07, 6.45) is -0.905. The number of oxazole rings is 1. The van der Waals surface area contributed by atoms with E-state index in [2.05, 4.69) is 4.98 Å². The monoisotopic (exact) mass is 317 g/mol. The van der Waals surface area contributed by atoms with E-state index in [4.69, 9.17) is 25.9 Å². The second-order valence-electron chi connectivity index (χ2n) is 4.75. The average molecular weight is 318 g/mol. The first kappa shape index (κ1) is 14.4. The maximum Gasteiger partial charge on any atom is 0.344 e. The van der Waals surface area contributed by atoms with Crippen molar-refractivity contribution in [3.63, 3.8) is 0 Å². The number of aromatic nitrogens is 1. The van der Waals surface area contributed by atoms with E-state index in [-0.39, 0.29) is 0 Å². The Morgan fingerprint density at radius 3 is 2.68 bits per heavy atom. The van der Waals surface area contributed by atoms with Crippen LogP contribution >= 0.6 is 11.6 Å². The smallest absolute Gasteiger partial charge is 0.344 e. The van der Waals surface area contributed by atoms with Crippen LogP contribution in [0.1, 0.15) is 6.92 Å². The molecule has 6 heteroatoms. The molecule has 0 fully saturated rings. The van der Waals surface area contributed by atoms with Gasteiger partial charge in [0.05, 0.1) is 0 Å². The maximum atomic E-state index is 10.8. The molecule has 112 valence electrons. The van der Waals surface area contributed by atoms with Crippen molar-refractivity contribution in [3.05, 3.63) is 47.5 Å². The molecule has 0 spiro atoms. The zero-order chi connectivity index (χ0) is 15.7. The molecule has 1 heterocycles. The molecule has 2 aromatic carbocycles. The number of nitrogens with zero attached hydrogens (tertiary/aromatic N) is 1. The van der Waals surface area contributed by atoms with Gasteiger partial charge in [-0.2, -0.15) is 0 Å². The molecule has 3 aromatic rings. The van der Waals surface area contributed by atoms with E-state index in [1.807, 2.05) is 0 Å². The van der Waals surface area contributed by atoms with Crippen molar-refractivity contribution >= 4 is 28.7 Å². The number of carboxylic acids is 1. The van der Waals surface area contributed by atoms with Crippen LogP contribution in [0.5, 0.6) is 5.75 Å². The van der Waals surface area contributed by atoms with Crippen LogP contribution in [0, 0.1) is 0 Å². The Labute approximate surface area is 131 Å². The van der Waals surface area contributed by atoms with E-state index >= 15 is 0 Å². The predicted molar refractivity (Wildman–Crippen MR) is 82.2 cm³/mol. The fourth-order valence-electron chi connectivity index (χ4n) is 1.95. The SMILES string of the molecule is CC(Oc1ccc(-c2nc3ccc(Cl)cc3o2)cc1)C(=O)O. The first-order valence-electron chi connectivity index (χ1n) is 6.59. The summed E-state index contributed by atoms with van der Waals surface area (Å²) in [6, 6.07) is 12.1. The lowest BCUT2D eigenvalue weighted by atomic mass is 10.2. The van der Waals surface area contributed by atoms with Gasteiger partial charge in [-0.3, -0.25) is 0 Å². The third kappa shape index (κ3) is 2.89. The number of rotatable bonds is 4. The normalized spacial score (nSPS) is 12.3. The van der Waals surface area contributed by atoms with Crippen LogP contribution in [0.25, 0.3) is 22.6 Å². The summed E-state index contributed by atoms with van der Waals surface area (Å²) in [5, 5.41) is 9.40. The van der Waals surface area contributed by atoms with Gasteiger partial charge in [0.15, 0.2) is 11.7 Å². The van der Waals surface area contributed by atoms with Gasteiger partial charge in [-0.1, -0.05) is 11.6 Å². The molecule has 0 aliphatic carbocycles. The minimum Gasteiger partial charge on any atom is -0.479 e. The fourth-order valence-corrected chi connectivity index (χ4v) is 2.11. The number of ether oxygens (including phenoxy) is 1. The molecule has 0 radical (unpaired) electrons. The Morgan fingerprint density at radius 2 is 2.00 bits per heavy atom. The molecule has 5 nitrogen and oxygen atoms in total. The van der Waals surface area contributed by atoms with Crippen molar-refractivity contribution in [1.82, 2.24) is 4.98 Å². The van der Waals surface area contributed by atoms with Crippen LogP contribution in [0.15, 0.2) is 46.9 Å². The predicted octanol–water partition coefficient (Wildman–Crippen LogP) is 4.00. The number of carbonyl (C=O) groups is 1. The molecule has 1 N–H and O–H groups in total. The highest BCUT2D eigenvalue weighted by molar-refractivity contribution is 6.31. The van der Waals surface area contributed by atoms with Crippen LogP contribution in [0.2, 0.25) is 5.02 Å². The largest absolute Gasteiger partial charge is 0.479 e. The molecule has 0 bridgehead atoms. The van der Waals surface area contributed by atoms with Gasteiger partial charge < -0.3 is 14.3 Å². The van der Waals surface area contributed by atoms with Crippen molar-refractivity contribution in [1.29, 1.82) is 0 Å². The van der Waals surface area contributed by atoms with E-state index < -0.39 is 12.1 Å². The molecule has 3 rings (SSSR count). The van der Waals surface area contributed by atoms with Gasteiger partial charge in [-0.05, 0) is 43.3 Å². The number of hydrogen-bond acceptors (Lipinski definition) is 4. The van der Waals surface area contributed by atoms with Gasteiger partial charge in [0.1, 0.15) is 11.3 Å². The molecule has 1 unspecified atom stereocenters. The second kappa shape index (κ2) is 5.69. The molecular formula is C16H12ClNO4. The highest BCUT2D eigenvalue weighted by Crippen LogP contribution is 2.27. The molecule has 22 heavy (non-hydrogen) atoms. The molecule has 0 saturated heterocycles. The summed E-state index contributed by atoms with van der Waals surface area (Å²) in [5.41, 5.74) is 2.10. The minimum atomic E-state index is -1.01. The number of aliphatic carboxylic acids is 1. The van der Waals surface area contributed by atoms with Gasteiger partial charge in [0, 0.05) is 16.7 Å². The number of hydrogen-bond donors (Lipinski definition) is 1. The van der Waals surface area contributed by atoms with Crippen molar-refractivity contribution in [3.8, 4) is 17.2 Å². The van der Waals surface area contributed by atoms with Crippen LogP contribution in [0.3, 0.4) is 0 Å². The summed E-state index contributed by atoms with van der Waals surface area (Å²) < 4.78 is 10.9. The highest BCUT2D eigenvalue weighted by atomic mass is 35.5. The van der Waals surface area contributed by atoms with Crippen LogP contribution in [-0.4, -0.2) is 22.2 Å². The average Bonchev–Trinajstić information content (AvgIpc) is 2.90. The highest BCUT2D eigenvalue weighted by Gasteiger charge is 2.13. The van der Waals surface area contributed by atoms with E-state index in [1.165, 1.54) is 6.92 Å². The molecule has 0 aliphatic rings. The lowest BCUT2D eigenvalue weighted by Crippen LogP contribution is -2.22. The molecule has 1 atom stereocenters. The van der Waals surface area contributed by atoms with Crippen LogP contribution < -0.4 is 4.74 Å². The number of fused-ring (bicyclic) bond motifs is 1. The second-order valence-corrected chi connectivity index (χ2v) is 5.19. The number of carboxylic acid groups (broad SMARTS) is 1. The third-order valence-corrected chi connectivity index (χ3v) is 3.35. The summed E-state index contributed by atoms with van der Waals surface area (Å²) in [6.45, 7) is 1.47. The molecular weight excluding hydrogens is 306 g/mol. The molecule has 0 aliphatic heterocycles. The van der Waals surface area contributed by atoms with Gasteiger partial charge in [-0.25, -0.2) is 9.78 Å². The van der Waals surface area contributed by atoms with E-state index in [9.17, 15) is 4.79 Å². The maximum absolute atomic E-state index is 10.8. The fraction of sp³-hybridized carbons (Fsp3) is 0.125.